The molecule has 0 aliphatic carbocycles. The molecule has 0 rings (SSSR count). The maximum Gasteiger partial charge on any atom is 0.306 e. The second-order valence-corrected chi connectivity index (χ2v) is 22.3. The van der Waals surface area contributed by atoms with Gasteiger partial charge in [-0.05, 0) is 122 Å². The van der Waals surface area contributed by atoms with E-state index in [1.807, 2.05) is 0 Å². The molecule has 0 aliphatic rings. The Morgan fingerprint density at radius 2 is 0.494 bits per heavy atom. The van der Waals surface area contributed by atoms with Crippen LogP contribution in [0.25, 0.3) is 0 Å². The zero-order valence-electron chi connectivity index (χ0n) is 53.0. The van der Waals surface area contributed by atoms with Gasteiger partial charge in [0, 0.05) is 19.3 Å². The maximum atomic E-state index is 13.0. The molecule has 6 nitrogen and oxygen atoms in total. The molecule has 1 atom stereocenters. The van der Waals surface area contributed by atoms with E-state index in [2.05, 4.69) is 142 Å². The first-order valence-corrected chi connectivity index (χ1v) is 34.0. The molecule has 0 N–H and O–H groups in total. The summed E-state index contributed by atoms with van der Waals surface area (Å²) in [5, 5.41) is 0. The topological polar surface area (TPSA) is 78.9 Å². The van der Waals surface area contributed by atoms with Crippen molar-refractivity contribution in [1.29, 1.82) is 0 Å². The van der Waals surface area contributed by atoms with Crippen molar-refractivity contribution in [2.24, 2.45) is 0 Å². The van der Waals surface area contributed by atoms with Crippen LogP contribution in [0, 0.1) is 0 Å². The van der Waals surface area contributed by atoms with Gasteiger partial charge < -0.3 is 14.2 Å². The first-order valence-electron chi connectivity index (χ1n) is 34.0. The average Bonchev–Trinajstić information content (AvgIpc) is 3.47. The van der Waals surface area contributed by atoms with Gasteiger partial charge in [-0.2, -0.15) is 0 Å². The highest BCUT2D eigenvalue weighted by Crippen LogP contribution is 2.16. The van der Waals surface area contributed by atoms with Gasteiger partial charge >= 0.3 is 17.9 Å². The van der Waals surface area contributed by atoms with Crippen molar-refractivity contribution in [2.75, 3.05) is 13.2 Å². The Balaban J connectivity index is 4.41. The van der Waals surface area contributed by atoms with Gasteiger partial charge in [0.25, 0.3) is 0 Å². The van der Waals surface area contributed by atoms with Crippen molar-refractivity contribution >= 4 is 17.9 Å². The summed E-state index contributed by atoms with van der Waals surface area (Å²) in [6, 6.07) is 0. The minimum Gasteiger partial charge on any atom is -0.462 e. The molecular formula is C75H126O6. The molecule has 1 unspecified atom stereocenters. The van der Waals surface area contributed by atoms with Crippen LogP contribution in [0.4, 0.5) is 0 Å². The van der Waals surface area contributed by atoms with Crippen LogP contribution in [0.5, 0.6) is 0 Å². The molecule has 0 aliphatic heterocycles. The molecule has 0 bridgehead atoms. The summed E-state index contributed by atoms with van der Waals surface area (Å²) in [6.07, 6.45) is 95.1. The van der Waals surface area contributed by atoms with Gasteiger partial charge in [0.1, 0.15) is 13.2 Å². The first kappa shape index (κ1) is 76.8. The fraction of sp³-hybridized carbons (Fsp3) is 0.693. The van der Waals surface area contributed by atoms with Crippen LogP contribution in [0.15, 0.2) is 122 Å². The van der Waals surface area contributed by atoms with Crippen LogP contribution in [-0.2, 0) is 28.6 Å². The van der Waals surface area contributed by atoms with E-state index in [-0.39, 0.29) is 37.5 Å². The number of hydrogen-bond acceptors (Lipinski definition) is 6. The summed E-state index contributed by atoms with van der Waals surface area (Å²) in [5.41, 5.74) is 0. The van der Waals surface area contributed by atoms with Crippen LogP contribution in [0.1, 0.15) is 316 Å². The van der Waals surface area contributed by atoms with Gasteiger partial charge in [-0.3, -0.25) is 14.4 Å². The third kappa shape index (κ3) is 66.5. The predicted molar refractivity (Wildman–Crippen MR) is 353 cm³/mol. The molecule has 0 aromatic heterocycles. The molecule has 0 saturated carbocycles. The van der Waals surface area contributed by atoms with Gasteiger partial charge in [-0.15, -0.1) is 0 Å². The Hall–Kier alpha value is -4.19. The fourth-order valence-electron chi connectivity index (χ4n) is 9.41. The second-order valence-electron chi connectivity index (χ2n) is 22.3. The summed E-state index contributed by atoms with van der Waals surface area (Å²) in [5.74, 6) is -0.954. The van der Waals surface area contributed by atoms with E-state index in [9.17, 15) is 14.4 Å². The number of rotatable bonds is 61. The standard InChI is InChI=1S/C75H126O6/c1-4-7-10-13-16-19-22-25-28-31-33-35-36-37-38-40-41-44-47-50-53-56-59-62-65-68-74(77)80-71-72(70-79-73(76)67-64-61-58-55-52-49-46-43-30-27-24-21-18-15-12-9-6-3)81-75(78)69-66-63-60-57-54-51-48-45-42-39-34-32-29-26-23-20-17-14-11-8-5-2/h7,9-10,12,16,18-19,21,25,27-28,30,32-35,46,49,55,58,72H,4-6,8,11,13-15,17,20,22-24,26,29,31,36-45,47-48,50-54,56-57,59-71H2,1-3H3/b10-7-,12-9-,19-16-,21-18-,28-25-,30-27-,34-32-,35-33-,49-46-,58-55-. The molecule has 0 amide bonds. The molecule has 0 spiro atoms. The summed E-state index contributed by atoms with van der Waals surface area (Å²) in [4.78, 5) is 38.4. The SMILES string of the molecule is CC/C=C\C/C=C\C/C=C\C/C=C\C/C=C\CCCC(=O)OCC(COC(=O)CCCCCCCCCCCCCC/C=C\C/C=C\C/C=C\C/C=C\CC)OC(=O)CCCCCCCCCCC/C=C\CCCCCCCCCC. The van der Waals surface area contributed by atoms with Crippen LogP contribution < -0.4 is 0 Å². The molecule has 0 aromatic rings. The number of allylic oxidation sites excluding steroid dienone is 20. The average molecular weight is 1120 g/mol. The molecule has 6 heteroatoms. The van der Waals surface area contributed by atoms with Crippen molar-refractivity contribution < 1.29 is 28.6 Å². The largest absolute Gasteiger partial charge is 0.462 e. The van der Waals surface area contributed by atoms with Crippen LogP contribution in [0.2, 0.25) is 0 Å². The lowest BCUT2D eigenvalue weighted by molar-refractivity contribution is -0.167. The molecule has 81 heavy (non-hydrogen) atoms. The number of unbranched alkanes of at least 4 members (excludes halogenated alkanes) is 30. The minimum atomic E-state index is -0.808. The quantitative estimate of drug-likeness (QED) is 0.0261. The summed E-state index contributed by atoms with van der Waals surface area (Å²) >= 11 is 0. The number of ether oxygens (including phenoxy) is 3. The van der Waals surface area contributed by atoms with Gasteiger partial charge in [0.2, 0.25) is 0 Å². The van der Waals surface area contributed by atoms with E-state index in [1.54, 1.807) is 0 Å². The number of carbonyl (C=O) groups excluding carboxylic acids is 3. The van der Waals surface area contributed by atoms with Crippen molar-refractivity contribution in [3.8, 4) is 0 Å². The molecule has 0 radical (unpaired) electrons. The second kappa shape index (κ2) is 68.3. The van der Waals surface area contributed by atoms with E-state index in [1.165, 1.54) is 167 Å². The Morgan fingerprint density at radius 1 is 0.259 bits per heavy atom. The van der Waals surface area contributed by atoms with Crippen LogP contribution in [0.3, 0.4) is 0 Å². The highest BCUT2D eigenvalue weighted by Gasteiger charge is 2.19. The summed E-state index contributed by atoms with van der Waals surface area (Å²) in [7, 11) is 0. The van der Waals surface area contributed by atoms with Gasteiger partial charge in [0.05, 0.1) is 0 Å². The van der Waals surface area contributed by atoms with Gasteiger partial charge in [-0.25, -0.2) is 0 Å². The van der Waals surface area contributed by atoms with Crippen molar-refractivity contribution in [2.45, 2.75) is 322 Å². The Morgan fingerprint density at radius 3 is 0.815 bits per heavy atom. The first-order chi connectivity index (χ1) is 40.0. The summed E-state index contributed by atoms with van der Waals surface area (Å²) < 4.78 is 16.9. The zero-order chi connectivity index (χ0) is 58.5. The Kier molecular flexibility index (Phi) is 64.8. The highest BCUT2D eigenvalue weighted by molar-refractivity contribution is 5.71. The van der Waals surface area contributed by atoms with Crippen molar-refractivity contribution in [3.63, 3.8) is 0 Å². The monoisotopic (exact) mass is 1120 g/mol. The summed E-state index contributed by atoms with van der Waals surface area (Å²) in [6.45, 7) is 6.39. The minimum absolute atomic E-state index is 0.0984. The van der Waals surface area contributed by atoms with Gasteiger partial charge in [-0.1, -0.05) is 296 Å². The Labute approximate surface area is 501 Å². The molecule has 0 fully saturated rings. The van der Waals surface area contributed by atoms with E-state index >= 15 is 0 Å². The highest BCUT2D eigenvalue weighted by atomic mass is 16.6. The number of hydrogen-bond donors (Lipinski definition) is 0. The van der Waals surface area contributed by atoms with Crippen LogP contribution >= 0.6 is 0 Å². The molecule has 0 heterocycles. The lowest BCUT2D eigenvalue weighted by Crippen LogP contribution is -2.30. The third-order valence-electron chi connectivity index (χ3n) is 14.4. The third-order valence-corrected chi connectivity index (χ3v) is 14.4. The Bertz CT molecular complexity index is 1670. The normalized spacial score (nSPS) is 12.9. The zero-order valence-corrected chi connectivity index (χ0v) is 53.0. The fourth-order valence-corrected chi connectivity index (χ4v) is 9.41. The number of carbonyl (C=O) groups is 3. The lowest BCUT2D eigenvalue weighted by atomic mass is 10.0. The molecule has 0 saturated heterocycles. The van der Waals surface area contributed by atoms with Crippen LogP contribution in [-0.4, -0.2) is 37.2 Å². The molecular weight excluding hydrogens is 997 g/mol. The number of esters is 3. The lowest BCUT2D eigenvalue weighted by Gasteiger charge is -2.18. The van der Waals surface area contributed by atoms with Gasteiger partial charge in [0.15, 0.2) is 6.10 Å². The van der Waals surface area contributed by atoms with Crippen molar-refractivity contribution in [1.82, 2.24) is 0 Å². The molecule has 0 aromatic carbocycles. The van der Waals surface area contributed by atoms with E-state index in [4.69, 9.17) is 14.2 Å². The van der Waals surface area contributed by atoms with E-state index < -0.39 is 6.10 Å². The maximum absolute atomic E-state index is 13.0. The van der Waals surface area contributed by atoms with Crippen molar-refractivity contribution in [3.05, 3.63) is 122 Å². The smallest absolute Gasteiger partial charge is 0.306 e. The van der Waals surface area contributed by atoms with E-state index in [0.717, 1.165) is 103 Å². The van der Waals surface area contributed by atoms with E-state index in [0.29, 0.717) is 19.3 Å². The molecule has 462 valence electrons. The predicted octanol–water partition coefficient (Wildman–Crippen LogP) is 23.6.